The molecule has 0 radical (unpaired) electrons. The molecular formula is C21H24F2O5. The van der Waals surface area contributed by atoms with Gasteiger partial charge in [-0.1, -0.05) is 25.3 Å². The van der Waals surface area contributed by atoms with Gasteiger partial charge in [0.15, 0.2) is 0 Å². The Morgan fingerprint density at radius 1 is 1.00 bits per heavy atom. The first-order chi connectivity index (χ1) is 13.3. The van der Waals surface area contributed by atoms with Gasteiger partial charge in [0.2, 0.25) is 0 Å². The highest BCUT2D eigenvalue weighted by Gasteiger charge is 2.44. The predicted molar refractivity (Wildman–Crippen MR) is 98.6 cm³/mol. The minimum Gasteiger partial charge on any atom is -0.462 e. The average Bonchev–Trinajstić information content (AvgIpc) is 2.71. The van der Waals surface area contributed by atoms with Crippen molar-refractivity contribution in [2.45, 2.75) is 38.4 Å². The molecule has 152 valence electrons. The van der Waals surface area contributed by atoms with Crippen LogP contribution in [0.2, 0.25) is 0 Å². The van der Waals surface area contributed by atoms with Crippen LogP contribution in [0.25, 0.3) is 0 Å². The van der Waals surface area contributed by atoms with Crippen LogP contribution in [-0.2, 0) is 25.7 Å². The highest BCUT2D eigenvalue weighted by Crippen LogP contribution is 2.40. The van der Waals surface area contributed by atoms with Crippen LogP contribution in [0.3, 0.4) is 0 Å². The third-order valence-corrected chi connectivity index (χ3v) is 4.68. The Hall–Kier alpha value is -2.70. The Bertz CT molecular complexity index is 691. The molecule has 28 heavy (non-hydrogen) atoms. The maximum atomic E-state index is 14.5. The number of carbonyl (C=O) groups excluding carboxylic acids is 2. The maximum absolute atomic E-state index is 14.5. The third kappa shape index (κ3) is 6.48. The quantitative estimate of drug-likeness (QED) is 0.458. The van der Waals surface area contributed by atoms with Crippen LogP contribution in [0.1, 0.15) is 31.2 Å². The molecule has 0 saturated heterocycles. The van der Waals surface area contributed by atoms with Gasteiger partial charge in [-0.25, -0.2) is 9.59 Å². The highest BCUT2D eigenvalue weighted by molar-refractivity contribution is 5.81. The van der Waals surface area contributed by atoms with Crippen molar-refractivity contribution in [3.63, 3.8) is 0 Å². The summed E-state index contributed by atoms with van der Waals surface area (Å²) in [6, 6.07) is 5.97. The molecule has 0 unspecified atom stereocenters. The molecule has 1 saturated carbocycles. The minimum atomic E-state index is -3.29. The van der Waals surface area contributed by atoms with Crippen molar-refractivity contribution >= 4 is 11.9 Å². The van der Waals surface area contributed by atoms with Crippen LogP contribution in [0.5, 0.6) is 5.75 Å². The van der Waals surface area contributed by atoms with Crippen molar-refractivity contribution in [2.75, 3.05) is 6.61 Å². The first-order valence-corrected chi connectivity index (χ1v) is 9.08. The normalized spacial score (nSPS) is 19.4. The summed E-state index contributed by atoms with van der Waals surface area (Å²) in [5.41, 5.74) is 0.653. The van der Waals surface area contributed by atoms with Gasteiger partial charge in [0.1, 0.15) is 12.4 Å². The van der Waals surface area contributed by atoms with E-state index in [1.807, 2.05) is 0 Å². The fraction of sp³-hybridized carbons (Fsp3) is 0.429. The molecule has 1 aliphatic carbocycles. The highest BCUT2D eigenvalue weighted by atomic mass is 19.3. The van der Waals surface area contributed by atoms with Gasteiger partial charge in [-0.15, -0.1) is 0 Å². The number of alkyl halides is 2. The molecular weight excluding hydrogens is 370 g/mol. The summed E-state index contributed by atoms with van der Waals surface area (Å²) in [7, 11) is 0. The van der Waals surface area contributed by atoms with E-state index in [4.69, 9.17) is 14.2 Å². The molecule has 2 rings (SSSR count). The second kappa shape index (κ2) is 10.0. The summed E-state index contributed by atoms with van der Waals surface area (Å²) in [4.78, 5) is 22.1. The molecule has 1 fully saturated rings. The van der Waals surface area contributed by atoms with Crippen LogP contribution in [0.4, 0.5) is 8.78 Å². The zero-order chi connectivity index (χ0) is 20.6. The second-order valence-corrected chi connectivity index (χ2v) is 6.67. The predicted octanol–water partition coefficient (Wildman–Crippen LogP) is 4.42. The van der Waals surface area contributed by atoms with E-state index >= 15 is 0 Å². The molecule has 0 spiro atoms. The van der Waals surface area contributed by atoms with Crippen molar-refractivity contribution in [2.24, 2.45) is 11.8 Å². The summed E-state index contributed by atoms with van der Waals surface area (Å²) in [6.07, 6.45) is 0.513. The molecule has 0 heterocycles. The summed E-state index contributed by atoms with van der Waals surface area (Å²) in [5, 5.41) is 0. The second-order valence-electron chi connectivity index (χ2n) is 6.67. The van der Waals surface area contributed by atoms with E-state index in [1.54, 1.807) is 12.1 Å². The lowest BCUT2D eigenvalue weighted by molar-refractivity contribution is -0.224. The summed E-state index contributed by atoms with van der Waals surface area (Å²) in [5.74, 6) is -1.83. The van der Waals surface area contributed by atoms with Gasteiger partial charge in [0, 0.05) is 12.2 Å². The van der Waals surface area contributed by atoms with Gasteiger partial charge in [0.05, 0.1) is 12.5 Å². The van der Waals surface area contributed by atoms with E-state index in [0.29, 0.717) is 31.2 Å². The molecule has 0 aliphatic heterocycles. The van der Waals surface area contributed by atoms with Crippen molar-refractivity contribution < 1.29 is 32.6 Å². The number of halogens is 2. The Labute approximate surface area is 163 Å². The molecule has 0 N–H and O–H groups in total. The van der Waals surface area contributed by atoms with Gasteiger partial charge in [-0.3, -0.25) is 0 Å². The topological polar surface area (TPSA) is 61.8 Å². The molecule has 7 heteroatoms. The minimum absolute atomic E-state index is 0.0297. The van der Waals surface area contributed by atoms with Gasteiger partial charge >= 0.3 is 18.0 Å². The molecule has 0 amide bonds. The zero-order valence-electron chi connectivity index (χ0n) is 15.6. The number of ether oxygens (including phenoxy) is 3. The maximum Gasteiger partial charge on any atom is 0.400 e. The molecule has 1 aromatic rings. The Kier molecular flexibility index (Phi) is 7.72. The zero-order valence-corrected chi connectivity index (χ0v) is 15.6. The third-order valence-electron chi connectivity index (χ3n) is 4.68. The number of benzene rings is 1. The molecule has 0 bridgehead atoms. The Morgan fingerprint density at radius 2 is 1.57 bits per heavy atom. The summed E-state index contributed by atoms with van der Waals surface area (Å²) in [6.45, 7) is 6.87. The number of esters is 2. The van der Waals surface area contributed by atoms with Crippen LogP contribution in [-0.4, -0.2) is 24.7 Å². The molecule has 1 aromatic carbocycles. The van der Waals surface area contributed by atoms with Crippen molar-refractivity contribution in [3.05, 3.63) is 55.1 Å². The van der Waals surface area contributed by atoms with E-state index < -0.39 is 24.0 Å². The average molecular weight is 394 g/mol. The molecule has 5 nitrogen and oxygen atoms in total. The first-order valence-electron chi connectivity index (χ1n) is 9.08. The number of hydrogen-bond acceptors (Lipinski definition) is 5. The SMILES string of the molecule is C=CC(=O)OCc1ccc(OC(F)(F)C2CCC(COC(=O)C=C)CC2)cc1. The molecule has 0 atom stereocenters. The fourth-order valence-corrected chi connectivity index (χ4v) is 3.03. The summed E-state index contributed by atoms with van der Waals surface area (Å²) >= 11 is 0. The smallest absolute Gasteiger partial charge is 0.400 e. The van der Waals surface area contributed by atoms with E-state index in [-0.39, 0.29) is 24.9 Å². The van der Waals surface area contributed by atoms with Crippen LogP contribution < -0.4 is 4.74 Å². The number of rotatable bonds is 9. The fourth-order valence-electron chi connectivity index (χ4n) is 3.03. The van der Waals surface area contributed by atoms with E-state index in [0.717, 1.165) is 12.2 Å². The Balaban J connectivity index is 1.83. The molecule has 0 aromatic heterocycles. The lowest BCUT2D eigenvalue weighted by Crippen LogP contribution is -2.37. The van der Waals surface area contributed by atoms with E-state index in [2.05, 4.69) is 13.2 Å². The van der Waals surface area contributed by atoms with Crippen molar-refractivity contribution in [1.29, 1.82) is 0 Å². The van der Waals surface area contributed by atoms with Gasteiger partial charge < -0.3 is 14.2 Å². The monoisotopic (exact) mass is 394 g/mol. The van der Waals surface area contributed by atoms with Crippen LogP contribution in [0.15, 0.2) is 49.6 Å². The molecule has 1 aliphatic rings. The van der Waals surface area contributed by atoms with Crippen LogP contribution in [0, 0.1) is 11.8 Å². The van der Waals surface area contributed by atoms with Crippen molar-refractivity contribution in [1.82, 2.24) is 0 Å². The van der Waals surface area contributed by atoms with Gasteiger partial charge in [-0.05, 0) is 49.3 Å². The lowest BCUT2D eigenvalue weighted by Gasteiger charge is -2.33. The van der Waals surface area contributed by atoms with E-state index in [9.17, 15) is 18.4 Å². The van der Waals surface area contributed by atoms with E-state index in [1.165, 1.54) is 12.1 Å². The standard InChI is InChI=1S/C21H24F2O5/c1-3-19(24)26-13-15-5-9-17(10-6-15)21(22,23)28-18-11-7-16(8-12-18)14-27-20(25)4-2/h3-4,7-8,11-12,15,17H,1-2,5-6,9-10,13-14H2. The number of hydrogen-bond donors (Lipinski definition) is 0. The number of carbonyl (C=O) groups is 2. The van der Waals surface area contributed by atoms with Crippen molar-refractivity contribution in [3.8, 4) is 5.75 Å². The van der Waals surface area contributed by atoms with Gasteiger partial charge in [0.25, 0.3) is 0 Å². The summed E-state index contributed by atoms with van der Waals surface area (Å²) < 4.78 is 43.8. The largest absolute Gasteiger partial charge is 0.462 e. The first kappa shape index (κ1) is 21.6. The van der Waals surface area contributed by atoms with Crippen LogP contribution >= 0.6 is 0 Å². The Morgan fingerprint density at radius 3 is 2.14 bits per heavy atom. The lowest BCUT2D eigenvalue weighted by atomic mass is 9.81. The van der Waals surface area contributed by atoms with Gasteiger partial charge in [-0.2, -0.15) is 8.78 Å².